The van der Waals surface area contributed by atoms with Crippen molar-refractivity contribution in [1.82, 2.24) is 4.90 Å². The molecular weight excluding hydrogens is 358 g/mol. The summed E-state index contributed by atoms with van der Waals surface area (Å²) in [6, 6.07) is 0. The molecular formula is C26H50NO2-. The fraction of sp³-hybridized carbons (Fsp3) is 0.885. The fourth-order valence-corrected chi connectivity index (χ4v) is 4.10. The predicted octanol–water partition coefficient (Wildman–Crippen LogP) is 7.00. The van der Waals surface area contributed by atoms with Crippen molar-refractivity contribution in [2.24, 2.45) is 0 Å². The van der Waals surface area contributed by atoms with E-state index in [1.54, 1.807) is 6.92 Å². The van der Waals surface area contributed by atoms with Gasteiger partial charge in [0.2, 0.25) is 0 Å². The van der Waals surface area contributed by atoms with E-state index in [4.69, 9.17) is 0 Å². The van der Waals surface area contributed by atoms with Gasteiger partial charge in [-0.1, -0.05) is 111 Å². The lowest BCUT2D eigenvalue weighted by Gasteiger charge is -2.29. The minimum atomic E-state index is -1.02. The van der Waals surface area contributed by atoms with Crippen LogP contribution in [0.5, 0.6) is 0 Å². The summed E-state index contributed by atoms with van der Waals surface area (Å²) in [4.78, 5) is 13.8. The second kappa shape index (κ2) is 20.3. The van der Waals surface area contributed by atoms with E-state index in [1.807, 2.05) is 0 Å². The van der Waals surface area contributed by atoms with E-state index < -0.39 is 5.97 Å². The molecule has 0 atom stereocenters. The average Bonchev–Trinajstić information content (AvgIpc) is 2.71. The maximum atomic E-state index is 11.4. The van der Waals surface area contributed by atoms with Crippen molar-refractivity contribution >= 4 is 5.97 Å². The molecule has 0 aromatic rings. The molecule has 0 heterocycles. The maximum Gasteiger partial charge on any atom is 0.0689 e. The Labute approximate surface area is 182 Å². The van der Waals surface area contributed by atoms with Crippen molar-refractivity contribution in [2.75, 3.05) is 13.1 Å². The molecule has 0 saturated heterocycles. The molecule has 29 heavy (non-hydrogen) atoms. The molecule has 0 fully saturated rings. The molecule has 172 valence electrons. The summed E-state index contributed by atoms with van der Waals surface area (Å²) in [5.74, 6) is -1.02. The predicted molar refractivity (Wildman–Crippen MR) is 125 cm³/mol. The summed E-state index contributed by atoms with van der Waals surface area (Å²) in [6.45, 7) is 10.3. The summed E-state index contributed by atoms with van der Waals surface area (Å²) in [7, 11) is 0. The first-order valence-corrected chi connectivity index (χ1v) is 12.7. The number of nitrogens with zero attached hydrogens (tertiary/aromatic N) is 1. The van der Waals surface area contributed by atoms with Crippen LogP contribution in [-0.2, 0) is 4.79 Å². The third-order valence-corrected chi connectivity index (χ3v) is 6.02. The molecule has 0 bridgehead atoms. The standard InChI is InChI=1S/C26H51NO2/c1-5-8-10-12-14-16-18-20-22-27(25(7-3)24(4)26(28)29)23-21-19-17-15-13-11-9-6-2/h5-23H2,1-4H3,(H,28,29)/p-1/b25-24+. The minimum absolute atomic E-state index is 0.423. The quantitative estimate of drug-likeness (QED) is 0.152. The van der Waals surface area contributed by atoms with Gasteiger partial charge in [-0.15, -0.1) is 0 Å². The average molecular weight is 409 g/mol. The van der Waals surface area contributed by atoms with Gasteiger partial charge in [0.1, 0.15) is 0 Å². The van der Waals surface area contributed by atoms with Crippen LogP contribution in [0.1, 0.15) is 137 Å². The number of carboxylic acids is 1. The minimum Gasteiger partial charge on any atom is -0.545 e. The van der Waals surface area contributed by atoms with Gasteiger partial charge in [0, 0.05) is 18.8 Å². The lowest BCUT2D eigenvalue weighted by molar-refractivity contribution is -0.299. The van der Waals surface area contributed by atoms with Crippen molar-refractivity contribution < 1.29 is 9.90 Å². The molecule has 0 aliphatic carbocycles. The monoisotopic (exact) mass is 408 g/mol. The SMILES string of the molecule is CCCCCCCCCCN(CCCCCCCCCC)/C(CC)=C(\C)C(=O)[O-]. The van der Waals surface area contributed by atoms with Gasteiger partial charge in [0.25, 0.3) is 0 Å². The van der Waals surface area contributed by atoms with E-state index in [1.165, 1.54) is 89.9 Å². The summed E-state index contributed by atoms with van der Waals surface area (Å²) in [6.07, 6.45) is 21.7. The Bertz CT molecular complexity index is 397. The van der Waals surface area contributed by atoms with Crippen LogP contribution in [0.4, 0.5) is 0 Å². The van der Waals surface area contributed by atoms with Gasteiger partial charge in [0.05, 0.1) is 5.97 Å². The molecule has 0 radical (unpaired) electrons. The number of carboxylic acid groups (broad SMARTS) is 1. The third kappa shape index (κ3) is 15.5. The fourth-order valence-electron chi connectivity index (χ4n) is 4.10. The molecule has 0 spiro atoms. The molecule has 0 amide bonds. The number of hydrogen-bond donors (Lipinski definition) is 0. The second-order valence-corrected chi connectivity index (χ2v) is 8.65. The van der Waals surface area contributed by atoms with E-state index >= 15 is 0 Å². The highest BCUT2D eigenvalue weighted by Gasteiger charge is 2.11. The zero-order chi connectivity index (χ0) is 21.7. The van der Waals surface area contributed by atoms with E-state index in [0.29, 0.717) is 5.57 Å². The molecule has 0 rings (SSSR count). The van der Waals surface area contributed by atoms with Crippen molar-refractivity contribution in [3.05, 3.63) is 11.3 Å². The largest absolute Gasteiger partial charge is 0.545 e. The maximum absolute atomic E-state index is 11.4. The molecule has 3 nitrogen and oxygen atoms in total. The van der Waals surface area contributed by atoms with Crippen LogP contribution in [0, 0.1) is 0 Å². The topological polar surface area (TPSA) is 43.4 Å². The number of hydrogen-bond acceptors (Lipinski definition) is 3. The van der Waals surface area contributed by atoms with Crippen LogP contribution in [0.2, 0.25) is 0 Å². The Morgan fingerprint density at radius 3 is 1.28 bits per heavy atom. The zero-order valence-corrected chi connectivity index (χ0v) is 20.2. The Morgan fingerprint density at radius 1 is 0.621 bits per heavy atom. The summed E-state index contributed by atoms with van der Waals surface area (Å²) < 4.78 is 0. The molecule has 3 heteroatoms. The number of unbranched alkanes of at least 4 members (excludes halogenated alkanes) is 14. The first kappa shape index (κ1) is 28.0. The molecule has 0 aromatic carbocycles. The van der Waals surface area contributed by atoms with Gasteiger partial charge in [-0.25, -0.2) is 0 Å². The normalized spacial score (nSPS) is 12.1. The molecule has 0 unspecified atom stereocenters. The van der Waals surface area contributed by atoms with E-state index in [0.717, 1.165) is 38.0 Å². The van der Waals surface area contributed by atoms with E-state index in [9.17, 15) is 9.90 Å². The highest BCUT2D eigenvalue weighted by molar-refractivity contribution is 5.84. The molecule has 0 aliphatic rings. The first-order chi connectivity index (χ1) is 14.1. The van der Waals surface area contributed by atoms with Crippen LogP contribution in [-0.4, -0.2) is 24.0 Å². The highest BCUT2D eigenvalue weighted by Crippen LogP contribution is 2.18. The number of carbonyl (C=O) groups excluding carboxylic acids is 1. The van der Waals surface area contributed by atoms with Gasteiger partial charge in [-0.05, 0) is 31.8 Å². The van der Waals surface area contributed by atoms with E-state index in [-0.39, 0.29) is 0 Å². The highest BCUT2D eigenvalue weighted by atomic mass is 16.4. The van der Waals surface area contributed by atoms with Gasteiger partial charge >= 0.3 is 0 Å². The Hall–Kier alpha value is -0.990. The second-order valence-electron chi connectivity index (χ2n) is 8.65. The van der Waals surface area contributed by atoms with Crippen LogP contribution in [0.15, 0.2) is 11.3 Å². The first-order valence-electron chi connectivity index (χ1n) is 12.7. The van der Waals surface area contributed by atoms with Crippen molar-refractivity contribution in [3.63, 3.8) is 0 Å². The van der Waals surface area contributed by atoms with Crippen LogP contribution >= 0.6 is 0 Å². The molecule has 0 aliphatic heterocycles. The van der Waals surface area contributed by atoms with Gasteiger partial charge in [0.15, 0.2) is 0 Å². The zero-order valence-electron chi connectivity index (χ0n) is 20.2. The van der Waals surface area contributed by atoms with Crippen LogP contribution in [0.3, 0.4) is 0 Å². The lowest BCUT2D eigenvalue weighted by atomic mass is 10.1. The summed E-state index contributed by atoms with van der Waals surface area (Å²) >= 11 is 0. The Kier molecular flexibility index (Phi) is 19.6. The van der Waals surface area contributed by atoms with Crippen molar-refractivity contribution in [3.8, 4) is 0 Å². The van der Waals surface area contributed by atoms with Crippen molar-refractivity contribution in [2.45, 2.75) is 137 Å². The van der Waals surface area contributed by atoms with Crippen LogP contribution in [0.25, 0.3) is 0 Å². The van der Waals surface area contributed by atoms with Gasteiger partial charge < -0.3 is 14.8 Å². The lowest BCUT2D eigenvalue weighted by Crippen LogP contribution is -2.31. The number of rotatable bonds is 21. The molecule has 0 saturated carbocycles. The summed E-state index contributed by atoms with van der Waals surface area (Å²) in [5.41, 5.74) is 1.41. The molecule has 0 N–H and O–H groups in total. The smallest absolute Gasteiger partial charge is 0.0689 e. The van der Waals surface area contributed by atoms with E-state index in [2.05, 4.69) is 25.7 Å². The molecule has 0 aromatic heterocycles. The summed E-state index contributed by atoms with van der Waals surface area (Å²) in [5, 5.41) is 11.4. The Balaban J connectivity index is 4.34. The van der Waals surface area contributed by atoms with Gasteiger partial charge in [-0.2, -0.15) is 0 Å². The van der Waals surface area contributed by atoms with Crippen molar-refractivity contribution in [1.29, 1.82) is 0 Å². The number of carbonyl (C=O) groups is 1. The van der Waals surface area contributed by atoms with Crippen LogP contribution < -0.4 is 5.11 Å². The number of allylic oxidation sites excluding steroid dienone is 1. The third-order valence-electron chi connectivity index (χ3n) is 6.02. The number of aliphatic carboxylic acids is 1. The Morgan fingerprint density at radius 2 is 0.966 bits per heavy atom. The van der Waals surface area contributed by atoms with Gasteiger partial charge in [-0.3, -0.25) is 0 Å².